The summed E-state index contributed by atoms with van der Waals surface area (Å²) in [5.41, 5.74) is 0. The summed E-state index contributed by atoms with van der Waals surface area (Å²) < 4.78 is 1.24. The highest BCUT2D eigenvalue weighted by atomic mass is 79.9. The normalized spacial score (nSPS) is 19.4. The standard InChI is InChI=1S/C13H21BrN2S/c1-11(10-16-6-3-2-4-7-16)15-9-13-12(14)5-8-17-13/h5,8,11,15H,2-4,6-7,9-10H2,1H3. The maximum atomic E-state index is 3.61. The molecule has 1 aromatic heterocycles. The smallest absolute Gasteiger partial charge is 0.0327 e. The molecule has 4 heteroatoms. The Hall–Kier alpha value is 0.100. The Morgan fingerprint density at radius 3 is 2.82 bits per heavy atom. The van der Waals surface area contributed by atoms with Crippen LogP contribution in [0.25, 0.3) is 0 Å². The van der Waals surface area contributed by atoms with Crippen LogP contribution in [0.1, 0.15) is 31.1 Å². The van der Waals surface area contributed by atoms with Crippen LogP contribution in [0.5, 0.6) is 0 Å². The van der Waals surface area contributed by atoms with Gasteiger partial charge in [0.05, 0.1) is 0 Å². The topological polar surface area (TPSA) is 15.3 Å². The number of hydrogen-bond donors (Lipinski definition) is 1. The van der Waals surface area contributed by atoms with Crippen molar-refractivity contribution in [3.8, 4) is 0 Å². The SMILES string of the molecule is CC(CN1CCCCC1)NCc1sccc1Br. The fourth-order valence-electron chi connectivity index (χ4n) is 2.31. The van der Waals surface area contributed by atoms with E-state index in [-0.39, 0.29) is 0 Å². The van der Waals surface area contributed by atoms with Gasteiger partial charge >= 0.3 is 0 Å². The van der Waals surface area contributed by atoms with Crippen molar-refractivity contribution < 1.29 is 0 Å². The van der Waals surface area contributed by atoms with Gasteiger partial charge in [-0.15, -0.1) is 11.3 Å². The molecule has 1 aromatic rings. The lowest BCUT2D eigenvalue weighted by molar-refractivity contribution is 0.209. The molecule has 0 bridgehead atoms. The van der Waals surface area contributed by atoms with E-state index >= 15 is 0 Å². The third-order valence-corrected chi connectivity index (χ3v) is 5.21. The van der Waals surface area contributed by atoms with Crippen molar-refractivity contribution in [3.63, 3.8) is 0 Å². The predicted octanol–water partition coefficient (Wildman–Crippen LogP) is 3.47. The van der Waals surface area contributed by atoms with Crippen LogP contribution in [0.2, 0.25) is 0 Å². The summed E-state index contributed by atoms with van der Waals surface area (Å²) in [5, 5.41) is 5.75. The van der Waals surface area contributed by atoms with E-state index in [0.717, 1.165) is 6.54 Å². The molecule has 2 nitrogen and oxygen atoms in total. The van der Waals surface area contributed by atoms with Crippen LogP contribution >= 0.6 is 27.3 Å². The fourth-order valence-corrected chi connectivity index (χ4v) is 3.76. The van der Waals surface area contributed by atoms with Gasteiger partial charge in [-0.05, 0) is 60.2 Å². The highest BCUT2D eigenvalue weighted by Crippen LogP contribution is 2.22. The van der Waals surface area contributed by atoms with Crippen molar-refractivity contribution in [2.45, 2.75) is 38.8 Å². The predicted molar refractivity (Wildman–Crippen MR) is 78.6 cm³/mol. The average molecular weight is 317 g/mol. The molecule has 1 saturated heterocycles. The molecule has 0 amide bonds. The Bertz CT molecular complexity index is 334. The zero-order valence-corrected chi connectivity index (χ0v) is 12.8. The molecule has 1 aliphatic rings. The zero-order valence-electron chi connectivity index (χ0n) is 10.4. The van der Waals surface area contributed by atoms with Crippen LogP contribution in [0.3, 0.4) is 0 Å². The molecule has 0 spiro atoms. The number of rotatable bonds is 5. The largest absolute Gasteiger partial charge is 0.308 e. The first kappa shape index (κ1) is 13.5. The van der Waals surface area contributed by atoms with Crippen molar-refractivity contribution in [2.24, 2.45) is 0 Å². The van der Waals surface area contributed by atoms with Crippen LogP contribution in [-0.4, -0.2) is 30.6 Å². The number of piperidine rings is 1. The molecule has 17 heavy (non-hydrogen) atoms. The van der Waals surface area contributed by atoms with E-state index in [1.807, 2.05) is 11.3 Å². The van der Waals surface area contributed by atoms with Gasteiger partial charge in [-0.1, -0.05) is 6.42 Å². The fraction of sp³-hybridized carbons (Fsp3) is 0.692. The van der Waals surface area contributed by atoms with Gasteiger partial charge in [0.25, 0.3) is 0 Å². The molecule has 96 valence electrons. The first-order valence-corrected chi connectivity index (χ1v) is 8.10. The van der Waals surface area contributed by atoms with E-state index in [9.17, 15) is 0 Å². The molecule has 1 fully saturated rings. The summed E-state index contributed by atoms with van der Waals surface area (Å²) in [7, 11) is 0. The van der Waals surface area contributed by atoms with Gasteiger partial charge in [0.2, 0.25) is 0 Å². The van der Waals surface area contributed by atoms with Crippen LogP contribution in [-0.2, 0) is 6.54 Å². The van der Waals surface area contributed by atoms with Gasteiger partial charge in [0.1, 0.15) is 0 Å². The van der Waals surface area contributed by atoms with E-state index < -0.39 is 0 Å². The van der Waals surface area contributed by atoms with Gasteiger partial charge in [0, 0.05) is 28.5 Å². The number of halogens is 1. The molecule has 1 N–H and O–H groups in total. The lowest BCUT2D eigenvalue weighted by atomic mass is 10.1. The zero-order chi connectivity index (χ0) is 12.1. The molecular formula is C13H21BrN2S. The van der Waals surface area contributed by atoms with E-state index in [4.69, 9.17) is 0 Å². The average Bonchev–Trinajstić information content (AvgIpc) is 2.74. The number of likely N-dealkylation sites (tertiary alicyclic amines) is 1. The molecule has 0 radical (unpaired) electrons. The first-order chi connectivity index (χ1) is 8.25. The number of hydrogen-bond acceptors (Lipinski definition) is 3. The molecule has 0 saturated carbocycles. The van der Waals surface area contributed by atoms with Gasteiger partial charge in [-0.2, -0.15) is 0 Å². The molecule has 2 rings (SSSR count). The van der Waals surface area contributed by atoms with Gasteiger partial charge < -0.3 is 10.2 Å². The molecule has 2 heterocycles. The minimum absolute atomic E-state index is 0.571. The number of thiophene rings is 1. The van der Waals surface area contributed by atoms with Gasteiger partial charge in [-0.3, -0.25) is 0 Å². The van der Waals surface area contributed by atoms with Crippen molar-refractivity contribution in [2.75, 3.05) is 19.6 Å². The molecule has 1 aliphatic heterocycles. The molecule has 1 atom stereocenters. The van der Waals surface area contributed by atoms with Crippen molar-refractivity contribution in [1.82, 2.24) is 10.2 Å². The summed E-state index contributed by atoms with van der Waals surface area (Å²) in [6, 6.07) is 2.69. The summed E-state index contributed by atoms with van der Waals surface area (Å²) >= 11 is 5.39. The summed E-state index contributed by atoms with van der Waals surface area (Å²) in [6.45, 7) is 7.02. The van der Waals surface area contributed by atoms with Crippen molar-refractivity contribution >= 4 is 27.3 Å². The highest BCUT2D eigenvalue weighted by Gasteiger charge is 2.13. The molecule has 0 aliphatic carbocycles. The lowest BCUT2D eigenvalue weighted by Crippen LogP contribution is -2.41. The van der Waals surface area contributed by atoms with Gasteiger partial charge in [-0.25, -0.2) is 0 Å². The molecule has 1 unspecified atom stereocenters. The Morgan fingerprint density at radius 1 is 1.41 bits per heavy atom. The second-order valence-electron chi connectivity index (χ2n) is 4.83. The second kappa shape index (κ2) is 6.88. The Labute approximate surface area is 117 Å². The van der Waals surface area contributed by atoms with E-state index in [0.29, 0.717) is 6.04 Å². The number of nitrogens with zero attached hydrogens (tertiary/aromatic N) is 1. The minimum atomic E-state index is 0.571. The molecule has 0 aromatic carbocycles. The van der Waals surface area contributed by atoms with Crippen molar-refractivity contribution in [3.05, 3.63) is 20.8 Å². The van der Waals surface area contributed by atoms with Crippen molar-refractivity contribution in [1.29, 1.82) is 0 Å². The minimum Gasteiger partial charge on any atom is -0.308 e. The third-order valence-electron chi connectivity index (χ3n) is 3.28. The van der Waals surface area contributed by atoms with Crippen LogP contribution in [0.4, 0.5) is 0 Å². The van der Waals surface area contributed by atoms with Crippen LogP contribution in [0, 0.1) is 0 Å². The highest BCUT2D eigenvalue weighted by molar-refractivity contribution is 9.10. The quantitative estimate of drug-likeness (QED) is 0.894. The summed E-state index contributed by atoms with van der Waals surface area (Å²) in [6.07, 6.45) is 4.17. The maximum Gasteiger partial charge on any atom is 0.0327 e. The first-order valence-electron chi connectivity index (χ1n) is 6.43. The van der Waals surface area contributed by atoms with Crippen LogP contribution < -0.4 is 5.32 Å². The van der Waals surface area contributed by atoms with E-state index in [2.05, 4.69) is 44.5 Å². The monoisotopic (exact) mass is 316 g/mol. The Balaban J connectivity index is 1.70. The second-order valence-corrected chi connectivity index (χ2v) is 6.69. The molecular weight excluding hydrogens is 296 g/mol. The third kappa shape index (κ3) is 4.36. The summed E-state index contributed by atoms with van der Waals surface area (Å²) in [5.74, 6) is 0. The van der Waals surface area contributed by atoms with Gasteiger partial charge in [0.15, 0.2) is 0 Å². The van der Waals surface area contributed by atoms with Crippen LogP contribution in [0.15, 0.2) is 15.9 Å². The number of nitrogens with one attached hydrogen (secondary N) is 1. The maximum absolute atomic E-state index is 3.61. The summed E-state index contributed by atoms with van der Waals surface area (Å²) in [4.78, 5) is 3.99. The lowest BCUT2D eigenvalue weighted by Gasteiger charge is -2.29. The Morgan fingerprint density at radius 2 is 2.18 bits per heavy atom. The van der Waals surface area contributed by atoms with E-state index in [1.54, 1.807) is 0 Å². The van der Waals surface area contributed by atoms with E-state index in [1.165, 1.54) is 48.2 Å². The Kier molecular flexibility index (Phi) is 5.48.